The van der Waals surface area contributed by atoms with Gasteiger partial charge in [0, 0.05) is 29.5 Å². The number of phenolic OH excluding ortho intramolecular Hbond substituents is 1. The molecule has 7 nitrogen and oxygen atoms in total. The van der Waals surface area contributed by atoms with Crippen LogP contribution in [0.3, 0.4) is 0 Å². The standard InChI is InChI=1S/C26H22N2O5/c1-12(29)20-17-5-3-2-4-6-18(30)21(20)16-10-19(31)22-23(24(16)28-17)26(33)15-9-13(11-27)7-8-14(15)25(22)32/h7-10,12,17-18,20-21,28-31H,2,11,27H2,1H3. The van der Waals surface area contributed by atoms with Crippen LogP contribution in [0.4, 0.5) is 5.69 Å². The second-order valence-electron chi connectivity index (χ2n) is 8.58. The molecule has 2 aliphatic carbocycles. The molecule has 2 aromatic rings. The number of aliphatic hydroxyl groups is 2. The van der Waals surface area contributed by atoms with E-state index < -0.39 is 41.7 Å². The first-order valence-electron chi connectivity index (χ1n) is 10.7. The van der Waals surface area contributed by atoms with Crippen molar-refractivity contribution in [2.24, 2.45) is 11.7 Å². The third-order valence-corrected chi connectivity index (χ3v) is 6.64. The molecule has 0 amide bonds. The zero-order valence-corrected chi connectivity index (χ0v) is 17.8. The van der Waals surface area contributed by atoms with Gasteiger partial charge in [0.2, 0.25) is 0 Å². The van der Waals surface area contributed by atoms with E-state index in [9.17, 15) is 24.9 Å². The van der Waals surface area contributed by atoms with E-state index in [0.717, 1.165) is 0 Å². The summed E-state index contributed by atoms with van der Waals surface area (Å²) in [4.78, 5) is 27.0. The molecule has 33 heavy (non-hydrogen) atoms. The molecule has 5 atom stereocenters. The van der Waals surface area contributed by atoms with Gasteiger partial charge in [0.1, 0.15) is 11.9 Å². The van der Waals surface area contributed by atoms with Crippen LogP contribution in [0.2, 0.25) is 0 Å². The third kappa shape index (κ3) is 3.13. The molecule has 0 aromatic heterocycles. The number of carbonyl (C=O) groups is 2. The fourth-order valence-electron chi connectivity index (χ4n) is 5.15. The predicted octanol–water partition coefficient (Wildman–Crippen LogP) is 1.27. The molecule has 166 valence electrons. The Bertz CT molecular complexity index is 1340. The summed E-state index contributed by atoms with van der Waals surface area (Å²) in [7, 11) is 0. The Balaban J connectivity index is 1.79. The van der Waals surface area contributed by atoms with Crippen LogP contribution in [0.15, 0.2) is 24.3 Å². The van der Waals surface area contributed by atoms with Crippen molar-refractivity contribution in [2.45, 2.75) is 44.1 Å². The highest BCUT2D eigenvalue weighted by Gasteiger charge is 2.46. The second kappa shape index (κ2) is 7.75. The van der Waals surface area contributed by atoms with Gasteiger partial charge >= 0.3 is 0 Å². The van der Waals surface area contributed by atoms with E-state index in [4.69, 9.17) is 5.73 Å². The lowest BCUT2D eigenvalue weighted by Gasteiger charge is -2.42. The monoisotopic (exact) mass is 442 g/mol. The normalized spacial score (nSPS) is 25.3. The molecule has 1 aliphatic heterocycles. The van der Waals surface area contributed by atoms with Crippen molar-refractivity contribution >= 4 is 17.3 Å². The molecule has 5 rings (SSSR count). The highest BCUT2D eigenvalue weighted by molar-refractivity contribution is 6.31. The Morgan fingerprint density at radius 1 is 1.12 bits per heavy atom. The lowest BCUT2D eigenvalue weighted by atomic mass is 9.69. The molecule has 0 fully saturated rings. The highest BCUT2D eigenvalue weighted by atomic mass is 16.3. The van der Waals surface area contributed by atoms with Crippen molar-refractivity contribution in [3.05, 3.63) is 57.6 Å². The molecule has 0 radical (unpaired) electrons. The van der Waals surface area contributed by atoms with E-state index in [-0.39, 0.29) is 41.0 Å². The summed E-state index contributed by atoms with van der Waals surface area (Å²) in [6.45, 7) is 1.81. The van der Waals surface area contributed by atoms with Crippen LogP contribution in [0, 0.1) is 29.6 Å². The van der Waals surface area contributed by atoms with Crippen LogP contribution >= 0.6 is 0 Å². The molecule has 2 bridgehead atoms. The van der Waals surface area contributed by atoms with Gasteiger partial charge in [-0.05, 0) is 36.2 Å². The zero-order valence-electron chi connectivity index (χ0n) is 17.8. The van der Waals surface area contributed by atoms with Gasteiger partial charge in [-0.3, -0.25) is 9.59 Å². The predicted molar refractivity (Wildman–Crippen MR) is 121 cm³/mol. The Hall–Kier alpha value is -3.62. The van der Waals surface area contributed by atoms with Gasteiger partial charge in [0.25, 0.3) is 0 Å². The van der Waals surface area contributed by atoms with Crippen LogP contribution in [-0.4, -0.2) is 45.1 Å². The molecule has 7 heteroatoms. The molecular weight excluding hydrogens is 420 g/mol. The van der Waals surface area contributed by atoms with E-state index in [2.05, 4.69) is 29.0 Å². The number of nitrogens with two attached hydrogens (primary N) is 1. The summed E-state index contributed by atoms with van der Waals surface area (Å²) >= 11 is 0. The number of carbonyl (C=O) groups excluding carboxylic acids is 2. The number of benzene rings is 2. The summed E-state index contributed by atoms with van der Waals surface area (Å²) < 4.78 is 0. The van der Waals surface area contributed by atoms with E-state index in [1.165, 1.54) is 6.07 Å². The number of hydrogen-bond acceptors (Lipinski definition) is 7. The maximum absolute atomic E-state index is 13.7. The van der Waals surface area contributed by atoms with Gasteiger partial charge in [-0.1, -0.05) is 29.7 Å². The molecule has 2 aromatic carbocycles. The van der Waals surface area contributed by atoms with E-state index in [1.807, 2.05) is 0 Å². The van der Waals surface area contributed by atoms with Crippen LogP contribution in [0.25, 0.3) is 0 Å². The quantitative estimate of drug-likeness (QED) is 0.298. The number of anilines is 1. The average molecular weight is 442 g/mol. The first kappa shape index (κ1) is 21.2. The van der Waals surface area contributed by atoms with E-state index >= 15 is 0 Å². The molecule has 6 N–H and O–H groups in total. The number of phenols is 1. The van der Waals surface area contributed by atoms with Crippen molar-refractivity contribution in [2.75, 3.05) is 5.32 Å². The smallest absolute Gasteiger partial charge is 0.198 e. The molecule has 5 unspecified atom stereocenters. The largest absolute Gasteiger partial charge is 0.507 e. The molecule has 0 saturated carbocycles. The SMILES string of the molecule is CC(O)C1C2C#CCC#CC(O)C1c1cc(O)c3c(c1N2)C(=O)c1cc(CN)ccc1C3=O. The van der Waals surface area contributed by atoms with Gasteiger partial charge in [0.05, 0.1) is 35.4 Å². The number of aliphatic hydroxyl groups excluding tert-OH is 2. The summed E-state index contributed by atoms with van der Waals surface area (Å²) in [6, 6.07) is 5.61. The summed E-state index contributed by atoms with van der Waals surface area (Å²) in [5, 5.41) is 35.6. The Morgan fingerprint density at radius 3 is 2.58 bits per heavy atom. The van der Waals surface area contributed by atoms with Crippen LogP contribution in [0.1, 0.15) is 62.2 Å². The van der Waals surface area contributed by atoms with Crippen LogP contribution in [-0.2, 0) is 6.54 Å². The minimum absolute atomic E-state index is 0.0388. The first-order chi connectivity index (χ1) is 15.8. The van der Waals surface area contributed by atoms with Crippen LogP contribution < -0.4 is 11.1 Å². The maximum atomic E-state index is 13.7. The van der Waals surface area contributed by atoms with Crippen molar-refractivity contribution in [3.8, 4) is 29.4 Å². The highest BCUT2D eigenvalue weighted by Crippen LogP contribution is 2.49. The van der Waals surface area contributed by atoms with Crippen LogP contribution in [0.5, 0.6) is 5.75 Å². The topological polar surface area (TPSA) is 133 Å². The lowest BCUT2D eigenvalue weighted by Crippen LogP contribution is -2.47. The average Bonchev–Trinajstić information content (AvgIpc) is 2.85. The number of aromatic hydroxyl groups is 1. The fraction of sp³-hybridized carbons (Fsp3) is 0.308. The second-order valence-corrected chi connectivity index (χ2v) is 8.58. The Morgan fingerprint density at radius 2 is 1.85 bits per heavy atom. The minimum atomic E-state index is -1.17. The first-order valence-corrected chi connectivity index (χ1v) is 10.7. The van der Waals surface area contributed by atoms with E-state index in [0.29, 0.717) is 16.8 Å². The number of ketones is 2. The Labute approximate surface area is 190 Å². The van der Waals surface area contributed by atoms with Gasteiger partial charge < -0.3 is 26.4 Å². The van der Waals surface area contributed by atoms with Crippen molar-refractivity contribution in [1.29, 1.82) is 0 Å². The summed E-state index contributed by atoms with van der Waals surface area (Å²) in [6.07, 6.45) is -1.79. The van der Waals surface area contributed by atoms with Gasteiger partial charge in [-0.15, -0.1) is 0 Å². The zero-order chi connectivity index (χ0) is 23.4. The minimum Gasteiger partial charge on any atom is -0.507 e. The number of fused-ring (bicyclic) bond motifs is 7. The van der Waals surface area contributed by atoms with Crippen molar-refractivity contribution in [3.63, 3.8) is 0 Å². The van der Waals surface area contributed by atoms with Gasteiger partial charge in [0.15, 0.2) is 11.6 Å². The van der Waals surface area contributed by atoms with Crippen molar-refractivity contribution < 1.29 is 24.9 Å². The summed E-state index contributed by atoms with van der Waals surface area (Å²) in [5.41, 5.74) is 7.55. The fourth-order valence-corrected chi connectivity index (χ4v) is 5.15. The lowest BCUT2D eigenvalue weighted by molar-refractivity contribution is 0.0646. The Kier molecular flexibility index (Phi) is 4.99. The molecule has 3 aliphatic rings. The summed E-state index contributed by atoms with van der Waals surface area (Å²) in [5.74, 6) is 9.05. The van der Waals surface area contributed by atoms with Gasteiger partial charge in [-0.2, -0.15) is 0 Å². The molecule has 0 saturated heterocycles. The maximum Gasteiger partial charge on any atom is 0.198 e. The molecule has 0 spiro atoms. The number of nitrogens with one attached hydrogen (secondary N) is 1. The molecule has 1 heterocycles. The van der Waals surface area contributed by atoms with E-state index in [1.54, 1.807) is 25.1 Å². The third-order valence-electron chi connectivity index (χ3n) is 6.64. The van der Waals surface area contributed by atoms with Crippen molar-refractivity contribution in [1.82, 2.24) is 0 Å². The number of hydrogen-bond donors (Lipinski definition) is 5. The molecular formula is C26H22N2O5. The number of rotatable bonds is 2. The van der Waals surface area contributed by atoms with Gasteiger partial charge in [-0.25, -0.2) is 0 Å².